The van der Waals surface area contributed by atoms with Crippen molar-refractivity contribution >= 4 is 16.9 Å². The normalized spacial score (nSPS) is 15.0. The van der Waals surface area contributed by atoms with Gasteiger partial charge in [-0.15, -0.1) is 0 Å². The Morgan fingerprint density at radius 2 is 1.82 bits per heavy atom. The third-order valence-corrected chi connectivity index (χ3v) is 6.16. The Morgan fingerprint density at radius 1 is 1.00 bits per heavy atom. The molecule has 1 aliphatic rings. The Hall–Kier alpha value is -3.93. The Kier molecular flexibility index (Phi) is 6.12. The van der Waals surface area contributed by atoms with Crippen LogP contribution in [-0.2, 0) is 6.54 Å². The van der Waals surface area contributed by atoms with Gasteiger partial charge in [0.1, 0.15) is 11.3 Å². The highest BCUT2D eigenvalue weighted by Crippen LogP contribution is 2.39. The summed E-state index contributed by atoms with van der Waals surface area (Å²) in [5, 5.41) is 0.471. The molecule has 172 valence electrons. The maximum atomic E-state index is 13.5. The average molecular weight is 455 g/mol. The summed E-state index contributed by atoms with van der Waals surface area (Å²) in [5.41, 5.74) is 2.33. The maximum absolute atomic E-state index is 13.5. The zero-order valence-electron chi connectivity index (χ0n) is 19.1. The van der Waals surface area contributed by atoms with Gasteiger partial charge in [0.2, 0.25) is 5.76 Å². The van der Waals surface area contributed by atoms with Crippen molar-refractivity contribution in [2.24, 2.45) is 0 Å². The van der Waals surface area contributed by atoms with Crippen LogP contribution in [0.2, 0.25) is 0 Å². The number of carbonyl (C=O) groups is 1. The summed E-state index contributed by atoms with van der Waals surface area (Å²) in [6.45, 7) is 3.14. The molecule has 0 bridgehead atoms. The number of aromatic nitrogens is 1. The van der Waals surface area contributed by atoms with E-state index in [0.717, 1.165) is 36.1 Å². The zero-order chi connectivity index (χ0) is 23.5. The Morgan fingerprint density at radius 3 is 2.59 bits per heavy atom. The molecule has 5 rings (SSSR count). The monoisotopic (exact) mass is 454 g/mol. The molecule has 0 radical (unpaired) electrons. The summed E-state index contributed by atoms with van der Waals surface area (Å²) in [4.78, 5) is 32.9. The summed E-state index contributed by atoms with van der Waals surface area (Å²) in [6.07, 6.45) is 6.70. The van der Waals surface area contributed by atoms with Gasteiger partial charge in [0.15, 0.2) is 5.43 Å². The number of amides is 1. The van der Waals surface area contributed by atoms with Crippen LogP contribution in [0.1, 0.15) is 59.5 Å². The molecule has 6 nitrogen and oxygen atoms in total. The van der Waals surface area contributed by atoms with Crippen LogP contribution in [0.5, 0.6) is 5.75 Å². The molecule has 4 aromatic rings. The van der Waals surface area contributed by atoms with Gasteiger partial charge in [0, 0.05) is 18.9 Å². The maximum Gasteiger partial charge on any atom is 0.291 e. The van der Waals surface area contributed by atoms with Gasteiger partial charge >= 0.3 is 0 Å². The van der Waals surface area contributed by atoms with Gasteiger partial charge in [-0.1, -0.05) is 50.1 Å². The van der Waals surface area contributed by atoms with E-state index in [1.807, 2.05) is 36.4 Å². The number of unbranched alkanes of at least 4 members (excludes halogenated alkanes) is 2. The number of hydrogen-bond donors (Lipinski definition) is 0. The van der Waals surface area contributed by atoms with Crippen LogP contribution < -0.4 is 10.2 Å². The second kappa shape index (κ2) is 9.51. The average Bonchev–Trinajstić information content (AvgIpc) is 3.14. The molecule has 1 aliphatic heterocycles. The molecule has 0 spiro atoms. The minimum absolute atomic E-state index is 0.109. The first-order valence-corrected chi connectivity index (χ1v) is 11.7. The first-order chi connectivity index (χ1) is 16.7. The van der Waals surface area contributed by atoms with Crippen LogP contribution in [0.3, 0.4) is 0 Å². The van der Waals surface area contributed by atoms with E-state index in [-0.39, 0.29) is 17.1 Å². The fraction of sp³-hybridized carbons (Fsp3) is 0.250. The van der Waals surface area contributed by atoms with Crippen LogP contribution >= 0.6 is 0 Å². The van der Waals surface area contributed by atoms with Gasteiger partial charge in [-0.25, -0.2) is 0 Å². The fourth-order valence-corrected chi connectivity index (χ4v) is 4.45. The van der Waals surface area contributed by atoms with E-state index in [9.17, 15) is 9.59 Å². The lowest BCUT2D eigenvalue weighted by Crippen LogP contribution is -2.29. The lowest BCUT2D eigenvalue weighted by Gasteiger charge is -2.25. The molecule has 0 aliphatic carbocycles. The van der Waals surface area contributed by atoms with Gasteiger partial charge < -0.3 is 14.1 Å². The Bertz CT molecular complexity index is 1360. The van der Waals surface area contributed by atoms with Crippen molar-refractivity contribution in [3.63, 3.8) is 0 Å². The molecular weight excluding hydrogens is 428 g/mol. The molecule has 2 aromatic heterocycles. The second-order valence-electron chi connectivity index (χ2n) is 8.49. The quantitative estimate of drug-likeness (QED) is 0.329. The minimum Gasteiger partial charge on any atom is -0.494 e. The number of carbonyl (C=O) groups excluding carboxylic acids is 1. The molecule has 2 aromatic carbocycles. The number of para-hydroxylation sites is 1. The smallest absolute Gasteiger partial charge is 0.291 e. The van der Waals surface area contributed by atoms with Gasteiger partial charge in [0.25, 0.3) is 5.91 Å². The highest BCUT2D eigenvalue weighted by atomic mass is 16.5. The van der Waals surface area contributed by atoms with Crippen LogP contribution in [-0.4, -0.2) is 22.4 Å². The minimum atomic E-state index is -0.558. The largest absolute Gasteiger partial charge is 0.494 e. The van der Waals surface area contributed by atoms with Crippen molar-refractivity contribution in [3.05, 3.63) is 106 Å². The molecule has 1 unspecified atom stereocenters. The van der Waals surface area contributed by atoms with Crippen LogP contribution in [0.4, 0.5) is 0 Å². The standard InChI is InChI=1S/C28H26N2O4/c1-2-3-6-16-33-21-13-11-20(12-14-21)25-24-26(31)22-9-4-5-10-23(22)34-27(24)28(32)30(25)18-19-8-7-15-29-17-19/h4-5,7-15,17,25H,2-3,6,16,18H2,1H3. The zero-order valence-corrected chi connectivity index (χ0v) is 19.1. The van der Waals surface area contributed by atoms with Crippen molar-refractivity contribution in [1.29, 1.82) is 0 Å². The summed E-state index contributed by atoms with van der Waals surface area (Å²) in [6, 6.07) is 17.9. The highest BCUT2D eigenvalue weighted by Gasteiger charge is 2.42. The van der Waals surface area contributed by atoms with Gasteiger partial charge in [0.05, 0.1) is 23.6 Å². The molecule has 1 amide bonds. The van der Waals surface area contributed by atoms with E-state index in [4.69, 9.17) is 9.15 Å². The molecule has 0 saturated heterocycles. The summed E-state index contributed by atoms with van der Waals surface area (Å²) in [7, 11) is 0. The molecule has 0 fully saturated rings. The van der Waals surface area contributed by atoms with Gasteiger partial charge in [-0.2, -0.15) is 0 Å². The highest BCUT2D eigenvalue weighted by molar-refractivity contribution is 5.99. The van der Waals surface area contributed by atoms with Gasteiger partial charge in [-0.05, 0) is 47.9 Å². The summed E-state index contributed by atoms with van der Waals surface area (Å²) >= 11 is 0. The topological polar surface area (TPSA) is 72.6 Å². The molecule has 6 heteroatoms. The molecule has 0 N–H and O–H groups in total. The van der Waals surface area contributed by atoms with E-state index >= 15 is 0 Å². The number of ether oxygens (including phenoxy) is 1. The van der Waals surface area contributed by atoms with Crippen LogP contribution in [0.25, 0.3) is 11.0 Å². The van der Waals surface area contributed by atoms with Crippen molar-refractivity contribution in [2.75, 3.05) is 6.61 Å². The Labute approximate surface area is 197 Å². The molecule has 1 atom stereocenters. The third kappa shape index (κ3) is 4.07. The second-order valence-corrected chi connectivity index (χ2v) is 8.49. The first-order valence-electron chi connectivity index (χ1n) is 11.7. The van der Waals surface area contributed by atoms with Crippen molar-refractivity contribution < 1.29 is 13.9 Å². The lowest BCUT2D eigenvalue weighted by molar-refractivity contribution is 0.0714. The summed E-state index contributed by atoms with van der Waals surface area (Å²) < 4.78 is 11.8. The number of rotatable bonds is 8. The fourth-order valence-electron chi connectivity index (χ4n) is 4.45. The number of benzene rings is 2. The van der Waals surface area contributed by atoms with Crippen molar-refractivity contribution in [1.82, 2.24) is 9.88 Å². The van der Waals surface area contributed by atoms with Crippen LogP contribution in [0, 0.1) is 0 Å². The first kappa shape index (κ1) is 21.9. The third-order valence-electron chi connectivity index (χ3n) is 6.16. The number of fused-ring (bicyclic) bond motifs is 2. The summed E-state index contributed by atoms with van der Waals surface area (Å²) in [5.74, 6) is 0.581. The predicted molar refractivity (Wildman–Crippen MR) is 130 cm³/mol. The van der Waals surface area contributed by atoms with Crippen molar-refractivity contribution in [2.45, 2.75) is 38.8 Å². The number of pyridine rings is 1. The molecule has 0 saturated carbocycles. The van der Waals surface area contributed by atoms with E-state index < -0.39 is 6.04 Å². The number of hydrogen-bond acceptors (Lipinski definition) is 5. The lowest BCUT2D eigenvalue weighted by atomic mass is 9.98. The van der Waals surface area contributed by atoms with E-state index in [1.165, 1.54) is 0 Å². The van der Waals surface area contributed by atoms with Crippen molar-refractivity contribution in [3.8, 4) is 5.75 Å². The molecule has 3 heterocycles. The van der Waals surface area contributed by atoms with E-state index in [2.05, 4.69) is 11.9 Å². The molecule has 34 heavy (non-hydrogen) atoms. The molecular formula is C28H26N2O4. The predicted octanol–water partition coefficient (Wildman–Crippen LogP) is 5.50. The number of nitrogens with zero attached hydrogens (tertiary/aromatic N) is 2. The van der Waals surface area contributed by atoms with Crippen LogP contribution in [0.15, 0.2) is 82.3 Å². The van der Waals surface area contributed by atoms with Gasteiger partial charge in [-0.3, -0.25) is 14.6 Å². The van der Waals surface area contributed by atoms with E-state index in [1.54, 1.807) is 41.6 Å². The SMILES string of the molecule is CCCCCOc1ccc(C2c3c(oc4ccccc4c3=O)C(=O)N2Cc2cccnc2)cc1. The Balaban J connectivity index is 1.55. The van der Waals surface area contributed by atoms with E-state index in [0.29, 0.717) is 29.7 Å².